The third kappa shape index (κ3) is 1.53. The van der Waals surface area contributed by atoms with Crippen LogP contribution in [0.25, 0.3) is 0 Å². The molecule has 0 N–H and O–H groups in total. The highest BCUT2D eigenvalue weighted by molar-refractivity contribution is 5.91. The molecule has 2 aliphatic carbocycles. The second kappa shape index (κ2) is 3.22. The predicted octanol–water partition coefficient (Wildman–Crippen LogP) is 3.35. The average molecular weight is 192 g/mol. The fraction of sp³-hybridized carbons (Fsp3) is 0.769. The van der Waals surface area contributed by atoms with E-state index < -0.39 is 0 Å². The summed E-state index contributed by atoms with van der Waals surface area (Å²) >= 11 is 0. The fourth-order valence-corrected chi connectivity index (χ4v) is 3.07. The molecule has 0 amide bonds. The van der Waals surface area contributed by atoms with Crippen molar-refractivity contribution in [3.05, 3.63) is 11.6 Å². The lowest BCUT2D eigenvalue weighted by Crippen LogP contribution is -2.36. The number of hydrogen-bond donors (Lipinski definition) is 0. The van der Waals surface area contributed by atoms with Crippen LogP contribution in [-0.4, -0.2) is 5.78 Å². The van der Waals surface area contributed by atoms with Crippen LogP contribution in [-0.2, 0) is 4.79 Å². The number of carbonyl (C=O) groups is 1. The summed E-state index contributed by atoms with van der Waals surface area (Å²) in [6, 6.07) is 0. The van der Waals surface area contributed by atoms with Gasteiger partial charge in [0.05, 0.1) is 0 Å². The van der Waals surface area contributed by atoms with Crippen molar-refractivity contribution in [1.29, 1.82) is 0 Å². The Hall–Kier alpha value is -0.590. The van der Waals surface area contributed by atoms with E-state index in [2.05, 4.69) is 20.8 Å². The molecule has 0 aromatic carbocycles. The quantitative estimate of drug-likeness (QED) is 0.575. The first-order chi connectivity index (χ1) is 6.50. The Kier molecular flexibility index (Phi) is 2.29. The molecule has 0 aromatic rings. The van der Waals surface area contributed by atoms with E-state index in [0.29, 0.717) is 23.0 Å². The van der Waals surface area contributed by atoms with Crippen molar-refractivity contribution in [2.45, 2.75) is 46.5 Å². The van der Waals surface area contributed by atoms with E-state index in [4.69, 9.17) is 0 Å². The van der Waals surface area contributed by atoms with Crippen LogP contribution < -0.4 is 0 Å². The van der Waals surface area contributed by atoms with Gasteiger partial charge in [-0.05, 0) is 42.6 Å². The number of rotatable bonds is 0. The first kappa shape index (κ1) is 9.95. The lowest BCUT2D eigenvalue weighted by Gasteiger charge is -2.45. The summed E-state index contributed by atoms with van der Waals surface area (Å²) in [7, 11) is 0. The highest BCUT2D eigenvalue weighted by Gasteiger charge is 2.40. The Morgan fingerprint density at radius 1 is 1.36 bits per heavy atom. The highest BCUT2D eigenvalue weighted by atomic mass is 16.1. The van der Waals surface area contributed by atoms with E-state index in [0.717, 1.165) is 12.8 Å². The van der Waals surface area contributed by atoms with Gasteiger partial charge >= 0.3 is 0 Å². The molecule has 1 saturated carbocycles. The van der Waals surface area contributed by atoms with Crippen LogP contribution in [0.15, 0.2) is 11.6 Å². The van der Waals surface area contributed by atoms with Crippen LogP contribution in [0.3, 0.4) is 0 Å². The zero-order valence-electron chi connectivity index (χ0n) is 9.47. The Bertz CT molecular complexity index is 286. The summed E-state index contributed by atoms with van der Waals surface area (Å²) in [5, 5.41) is 0. The fourth-order valence-electron chi connectivity index (χ4n) is 3.07. The molecular weight excluding hydrogens is 172 g/mol. The van der Waals surface area contributed by atoms with Crippen LogP contribution in [0.5, 0.6) is 0 Å². The first-order valence-electron chi connectivity index (χ1n) is 5.75. The van der Waals surface area contributed by atoms with Crippen molar-refractivity contribution in [2.24, 2.45) is 17.3 Å². The van der Waals surface area contributed by atoms with Gasteiger partial charge in [0.1, 0.15) is 0 Å². The summed E-state index contributed by atoms with van der Waals surface area (Å²) in [5.41, 5.74) is 1.86. The van der Waals surface area contributed by atoms with Crippen LogP contribution in [0, 0.1) is 17.3 Å². The number of carbonyl (C=O) groups excluding carboxylic acids is 1. The standard InChI is InChI=1S/C13H20O/c1-9-6-7-13(2,3)12-5-4-10(14)8-11(9)12/h8-9,12H,4-7H2,1-3H3. The minimum absolute atomic E-state index is 0.348. The van der Waals surface area contributed by atoms with Gasteiger partial charge in [-0.2, -0.15) is 0 Å². The third-order valence-electron chi connectivity index (χ3n) is 4.14. The topological polar surface area (TPSA) is 17.1 Å². The van der Waals surface area contributed by atoms with Crippen molar-refractivity contribution in [2.75, 3.05) is 0 Å². The van der Waals surface area contributed by atoms with Crippen molar-refractivity contribution >= 4 is 5.78 Å². The van der Waals surface area contributed by atoms with Crippen LogP contribution in [0.2, 0.25) is 0 Å². The van der Waals surface area contributed by atoms with E-state index in [9.17, 15) is 4.79 Å². The van der Waals surface area contributed by atoms with Gasteiger partial charge in [-0.15, -0.1) is 0 Å². The minimum Gasteiger partial charge on any atom is -0.295 e. The van der Waals surface area contributed by atoms with Crippen molar-refractivity contribution in [3.63, 3.8) is 0 Å². The molecule has 1 nitrogen and oxygen atoms in total. The molecule has 78 valence electrons. The molecule has 0 spiro atoms. The smallest absolute Gasteiger partial charge is 0.155 e. The number of ketones is 1. The second-order valence-electron chi connectivity index (χ2n) is 5.63. The van der Waals surface area contributed by atoms with Crippen molar-refractivity contribution < 1.29 is 4.79 Å². The molecule has 2 unspecified atom stereocenters. The van der Waals surface area contributed by atoms with Crippen LogP contribution >= 0.6 is 0 Å². The van der Waals surface area contributed by atoms with Gasteiger partial charge in [-0.25, -0.2) is 0 Å². The molecule has 2 aliphatic rings. The lowest BCUT2D eigenvalue weighted by molar-refractivity contribution is -0.115. The number of allylic oxidation sites excluding steroid dienone is 2. The Morgan fingerprint density at radius 2 is 2.07 bits per heavy atom. The molecule has 0 aliphatic heterocycles. The highest BCUT2D eigenvalue weighted by Crippen LogP contribution is 2.49. The van der Waals surface area contributed by atoms with Crippen molar-refractivity contribution in [1.82, 2.24) is 0 Å². The average Bonchev–Trinajstić information content (AvgIpc) is 2.12. The molecule has 1 fully saturated rings. The molecule has 1 heteroatoms. The number of hydrogen-bond acceptors (Lipinski definition) is 1. The lowest BCUT2D eigenvalue weighted by atomic mass is 9.60. The Labute approximate surface area is 86.6 Å². The van der Waals surface area contributed by atoms with E-state index in [-0.39, 0.29) is 0 Å². The predicted molar refractivity (Wildman–Crippen MR) is 58.0 cm³/mol. The maximum atomic E-state index is 11.4. The first-order valence-corrected chi connectivity index (χ1v) is 5.75. The van der Waals surface area contributed by atoms with Crippen LogP contribution in [0.4, 0.5) is 0 Å². The van der Waals surface area contributed by atoms with E-state index >= 15 is 0 Å². The summed E-state index contributed by atoms with van der Waals surface area (Å²) in [4.78, 5) is 11.4. The summed E-state index contributed by atoms with van der Waals surface area (Å²) in [6.45, 7) is 6.98. The molecule has 2 rings (SSSR count). The van der Waals surface area contributed by atoms with Crippen LogP contribution in [0.1, 0.15) is 46.5 Å². The molecule has 2 atom stereocenters. The largest absolute Gasteiger partial charge is 0.295 e. The zero-order valence-corrected chi connectivity index (χ0v) is 9.47. The van der Waals surface area contributed by atoms with Gasteiger partial charge in [0.15, 0.2) is 5.78 Å². The van der Waals surface area contributed by atoms with E-state index in [1.54, 1.807) is 0 Å². The normalized spacial score (nSPS) is 36.2. The minimum atomic E-state index is 0.348. The van der Waals surface area contributed by atoms with Gasteiger partial charge in [0.2, 0.25) is 0 Å². The van der Waals surface area contributed by atoms with E-state index in [1.165, 1.54) is 18.4 Å². The third-order valence-corrected chi connectivity index (χ3v) is 4.14. The molecule has 0 heterocycles. The molecular formula is C13H20O. The maximum absolute atomic E-state index is 11.4. The molecule has 0 aromatic heterocycles. The van der Waals surface area contributed by atoms with Gasteiger partial charge < -0.3 is 0 Å². The van der Waals surface area contributed by atoms with Crippen molar-refractivity contribution in [3.8, 4) is 0 Å². The molecule has 0 saturated heterocycles. The Morgan fingerprint density at radius 3 is 2.79 bits per heavy atom. The van der Waals surface area contributed by atoms with Gasteiger partial charge in [-0.1, -0.05) is 26.3 Å². The summed E-state index contributed by atoms with van der Waals surface area (Å²) in [6.07, 6.45) is 6.36. The molecule has 14 heavy (non-hydrogen) atoms. The Balaban J connectivity index is 2.33. The molecule has 0 radical (unpaired) electrons. The molecule has 0 bridgehead atoms. The SMILES string of the molecule is CC1CCC(C)(C)C2CCC(=O)C=C12. The summed E-state index contributed by atoms with van der Waals surface area (Å²) < 4.78 is 0. The van der Waals surface area contributed by atoms with E-state index in [1.807, 2.05) is 6.08 Å². The zero-order chi connectivity index (χ0) is 10.3. The second-order valence-corrected chi connectivity index (χ2v) is 5.63. The van der Waals surface area contributed by atoms with Gasteiger partial charge in [-0.3, -0.25) is 4.79 Å². The monoisotopic (exact) mass is 192 g/mol. The summed E-state index contributed by atoms with van der Waals surface area (Å²) in [5.74, 6) is 1.65. The van der Waals surface area contributed by atoms with Gasteiger partial charge in [0, 0.05) is 6.42 Å². The number of fused-ring (bicyclic) bond motifs is 1. The van der Waals surface area contributed by atoms with Gasteiger partial charge in [0.25, 0.3) is 0 Å². The maximum Gasteiger partial charge on any atom is 0.155 e.